The Morgan fingerprint density at radius 1 is 0.957 bits per heavy atom. The minimum absolute atomic E-state index is 0.0939. The predicted molar refractivity (Wildman–Crippen MR) is 93.3 cm³/mol. The molecule has 1 spiro atoms. The van der Waals surface area contributed by atoms with Crippen LogP contribution in [0.5, 0.6) is 0 Å². The fraction of sp³-hybridized carbons (Fsp3) is 0.333. The minimum atomic E-state index is 0.0939. The number of hydrogen-bond acceptors (Lipinski definition) is 2. The monoisotopic (exact) mass is 305 g/mol. The highest BCUT2D eigenvalue weighted by Crippen LogP contribution is 2.38. The Bertz CT molecular complexity index is 694. The fourth-order valence-electron chi connectivity index (χ4n) is 4.00. The van der Waals surface area contributed by atoms with E-state index < -0.39 is 0 Å². The van der Waals surface area contributed by atoms with E-state index in [1.54, 1.807) is 0 Å². The second kappa shape index (κ2) is 6.31. The summed E-state index contributed by atoms with van der Waals surface area (Å²) >= 11 is 0. The summed E-state index contributed by atoms with van der Waals surface area (Å²) in [5.74, 6) is 0. The molecule has 0 fully saturated rings. The Morgan fingerprint density at radius 3 is 2.70 bits per heavy atom. The van der Waals surface area contributed by atoms with Gasteiger partial charge in [-0.2, -0.15) is 0 Å². The first kappa shape index (κ1) is 14.7. The van der Waals surface area contributed by atoms with Gasteiger partial charge in [0.1, 0.15) is 0 Å². The zero-order valence-electron chi connectivity index (χ0n) is 13.4. The predicted octanol–water partition coefficient (Wildman–Crippen LogP) is 3.92. The average molecular weight is 305 g/mol. The zero-order chi connectivity index (χ0) is 15.5. The van der Waals surface area contributed by atoms with Crippen LogP contribution in [-0.2, 0) is 23.2 Å². The first-order valence-electron chi connectivity index (χ1n) is 8.43. The molecule has 1 atom stereocenters. The van der Waals surface area contributed by atoms with Crippen LogP contribution >= 0.6 is 0 Å². The quantitative estimate of drug-likeness (QED) is 0.780. The van der Waals surface area contributed by atoms with Crippen LogP contribution in [0.25, 0.3) is 0 Å². The van der Waals surface area contributed by atoms with Gasteiger partial charge in [0, 0.05) is 25.0 Å². The fourth-order valence-corrected chi connectivity index (χ4v) is 4.00. The van der Waals surface area contributed by atoms with Gasteiger partial charge in [0.15, 0.2) is 0 Å². The maximum atomic E-state index is 5.93. The molecule has 118 valence electrons. The third-order valence-electron chi connectivity index (χ3n) is 5.03. The summed E-state index contributed by atoms with van der Waals surface area (Å²) in [6, 6.07) is 19.7. The van der Waals surface area contributed by atoms with E-state index in [9.17, 15) is 0 Å². The highest BCUT2D eigenvalue weighted by molar-refractivity contribution is 5.38. The van der Waals surface area contributed by atoms with E-state index in [1.165, 1.54) is 16.7 Å². The van der Waals surface area contributed by atoms with Gasteiger partial charge >= 0.3 is 0 Å². The Hall–Kier alpha value is -1.90. The molecule has 2 aromatic rings. The van der Waals surface area contributed by atoms with Gasteiger partial charge in [-0.05, 0) is 23.1 Å². The molecule has 0 saturated carbocycles. The third-order valence-corrected chi connectivity index (χ3v) is 5.03. The molecule has 0 bridgehead atoms. The van der Waals surface area contributed by atoms with E-state index in [0.717, 1.165) is 39.3 Å². The summed E-state index contributed by atoms with van der Waals surface area (Å²) in [6.45, 7) is 4.63. The lowest BCUT2D eigenvalue weighted by molar-refractivity contribution is 0.0681. The third kappa shape index (κ3) is 2.97. The highest BCUT2D eigenvalue weighted by Gasteiger charge is 2.39. The summed E-state index contributed by atoms with van der Waals surface area (Å²) in [5, 5.41) is 0. The summed E-state index contributed by atoms with van der Waals surface area (Å²) in [4.78, 5) is 2.57. The van der Waals surface area contributed by atoms with Crippen LogP contribution in [-0.4, -0.2) is 24.7 Å². The molecule has 1 unspecified atom stereocenters. The molecule has 0 N–H and O–H groups in total. The smallest absolute Gasteiger partial charge is 0.0647 e. The van der Waals surface area contributed by atoms with Gasteiger partial charge in [-0.25, -0.2) is 0 Å². The average Bonchev–Trinajstić information content (AvgIpc) is 2.82. The Kier molecular flexibility index (Phi) is 4.02. The van der Waals surface area contributed by atoms with Crippen molar-refractivity contribution in [3.63, 3.8) is 0 Å². The van der Waals surface area contributed by atoms with Crippen molar-refractivity contribution >= 4 is 0 Å². The lowest BCUT2D eigenvalue weighted by Gasteiger charge is -2.43. The number of fused-ring (bicyclic) bond motifs is 2. The molecule has 2 nitrogen and oxygen atoms in total. The molecule has 2 heterocycles. The molecular weight excluding hydrogens is 282 g/mol. The number of allylic oxidation sites excluding steroid dienone is 1. The second-order valence-electron chi connectivity index (χ2n) is 6.76. The van der Waals surface area contributed by atoms with Gasteiger partial charge < -0.3 is 4.74 Å². The Balaban J connectivity index is 1.67. The van der Waals surface area contributed by atoms with Crippen LogP contribution in [0.3, 0.4) is 0 Å². The molecule has 0 radical (unpaired) electrons. The van der Waals surface area contributed by atoms with E-state index in [4.69, 9.17) is 4.74 Å². The van der Waals surface area contributed by atoms with Crippen LogP contribution < -0.4 is 0 Å². The van der Waals surface area contributed by atoms with Crippen molar-refractivity contribution in [3.8, 4) is 0 Å². The molecule has 2 aliphatic heterocycles. The van der Waals surface area contributed by atoms with Crippen LogP contribution in [0.4, 0.5) is 0 Å². The molecule has 2 aliphatic rings. The topological polar surface area (TPSA) is 12.5 Å². The molecule has 23 heavy (non-hydrogen) atoms. The van der Waals surface area contributed by atoms with Crippen LogP contribution in [0.15, 0.2) is 66.7 Å². The maximum absolute atomic E-state index is 5.93. The maximum Gasteiger partial charge on any atom is 0.0647 e. The van der Waals surface area contributed by atoms with Crippen molar-refractivity contribution in [1.29, 1.82) is 0 Å². The number of nitrogens with zero attached hydrogens (tertiary/aromatic N) is 1. The van der Waals surface area contributed by atoms with Gasteiger partial charge in [0.05, 0.1) is 13.2 Å². The summed E-state index contributed by atoms with van der Waals surface area (Å²) < 4.78 is 5.93. The van der Waals surface area contributed by atoms with Crippen molar-refractivity contribution in [2.45, 2.75) is 24.9 Å². The van der Waals surface area contributed by atoms with Gasteiger partial charge in [-0.15, -0.1) is 0 Å². The van der Waals surface area contributed by atoms with Crippen LogP contribution in [0, 0.1) is 0 Å². The van der Waals surface area contributed by atoms with Crippen molar-refractivity contribution < 1.29 is 4.74 Å². The zero-order valence-corrected chi connectivity index (χ0v) is 13.4. The van der Waals surface area contributed by atoms with Crippen molar-refractivity contribution in [2.75, 3.05) is 19.8 Å². The first-order chi connectivity index (χ1) is 11.4. The highest BCUT2D eigenvalue weighted by atomic mass is 16.5. The first-order valence-corrected chi connectivity index (χ1v) is 8.43. The summed E-state index contributed by atoms with van der Waals surface area (Å²) in [6.07, 6.45) is 5.53. The Labute approximate surface area is 138 Å². The lowest BCUT2D eigenvalue weighted by Crippen LogP contribution is -2.47. The number of ether oxygens (including phenoxy) is 1. The van der Waals surface area contributed by atoms with E-state index in [-0.39, 0.29) is 5.41 Å². The van der Waals surface area contributed by atoms with E-state index >= 15 is 0 Å². The van der Waals surface area contributed by atoms with Crippen LogP contribution in [0.2, 0.25) is 0 Å². The second-order valence-corrected chi connectivity index (χ2v) is 6.76. The van der Waals surface area contributed by atoms with Gasteiger partial charge in [0.2, 0.25) is 0 Å². The lowest BCUT2D eigenvalue weighted by atomic mass is 9.73. The molecule has 0 aromatic heterocycles. The van der Waals surface area contributed by atoms with E-state index in [0.29, 0.717) is 0 Å². The number of hydrogen-bond donors (Lipinski definition) is 0. The van der Waals surface area contributed by atoms with Crippen LogP contribution in [0.1, 0.15) is 23.1 Å². The van der Waals surface area contributed by atoms with Crippen molar-refractivity contribution in [3.05, 3.63) is 83.4 Å². The molecule has 0 aliphatic carbocycles. The summed E-state index contributed by atoms with van der Waals surface area (Å²) in [5.41, 5.74) is 4.41. The standard InChI is InChI=1S/C21H23NO/c1-2-8-18(9-3-1)14-22-15-19-10-4-5-11-20(19)21(16-22)12-6-7-13-23-17-21/h1-11H,12-17H2. The molecule has 4 rings (SSSR count). The van der Waals surface area contributed by atoms with E-state index in [1.807, 2.05) is 0 Å². The molecule has 0 amide bonds. The van der Waals surface area contributed by atoms with E-state index in [2.05, 4.69) is 71.6 Å². The number of benzene rings is 2. The van der Waals surface area contributed by atoms with Gasteiger partial charge in [-0.3, -0.25) is 4.90 Å². The normalized spacial score (nSPS) is 24.3. The summed E-state index contributed by atoms with van der Waals surface area (Å²) in [7, 11) is 0. The SMILES string of the molecule is C1=CCC2(COC1)CN(Cc1ccccc1)Cc1ccccc12. The molecule has 2 heteroatoms. The molecule has 2 aromatic carbocycles. The Morgan fingerprint density at radius 2 is 1.78 bits per heavy atom. The largest absolute Gasteiger partial charge is 0.376 e. The van der Waals surface area contributed by atoms with Crippen molar-refractivity contribution in [1.82, 2.24) is 4.90 Å². The number of rotatable bonds is 2. The molecule has 0 saturated heterocycles. The van der Waals surface area contributed by atoms with Gasteiger partial charge in [-0.1, -0.05) is 66.7 Å². The minimum Gasteiger partial charge on any atom is -0.376 e. The van der Waals surface area contributed by atoms with Crippen molar-refractivity contribution in [2.24, 2.45) is 0 Å². The van der Waals surface area contributed by atoms with Gasteiger partial charge in [0.25, 0.3) is 0 Å². The molecular formula is C21H23NO.